The van der Waals surface area contributed by atoms with Gasteiger partial charge in [-0.1, -0.05) is 0 Å². The number of benzene rings is 2. The molecule has 0 unspecified atom stereocenters. The van der Waals surface area contributed by atoms with Gasteiger partial charge in [0.2, 0.25) is 0 Å². The maximum Gasteiger partial charge on any atom is 0.293 e. The number of halogens is 1. The van der Waals surface area contributed by atoms with E-state index in [4.69, 9.17) is 4.74 Å². The number of thioether (sulfide) groups is 1. The molecule has 1 fully saturated rings. The van der Waals surface area contributed by atoms with Crippen LogP contribution in [0.1, 0.15) is 28.4 Å². The smallest absolute Gasteiger partial charge is 0.293 e. The number of rotatable bonds is 4. The van der Waals surface area contributed by atoms with Crippen molar-refractivity contribution in [3.05, 3.63) is 63.5 Å². The zero-order chi connectivity index (χ0) is 20.4. The van der Waals surface area contributed by atoms with Crippen LogP contribution in [0.25, 0.3) is 0 Å². The minimum Gasteiger partial charge on any atom is -0.378 e. The van der Waals surface area contributed by atoms with E-state index >= 15 is 0 Å². The van der Waals surface area contributed by atoms with Crippen LogP contribution in [0.15, 0.2) is 41.3 Å². The van der Waals surface area contributed by atoms with Gasteiger partial charge in [0.25, 0.3) is 11.6 Å². The highest BCUT2D eigenvalue weighted by Gasteiger charge is 2.26. The molecule has 7 nitrogen and oxygen atoms in total. The Morgan fingerprint density at radius 3 is 2.79 bits per heavy atom. The molecule has 29 heavy (non-hydrogen) atoms. The number of hydrogen-bond donors (Lipinski definition) is 1. The Morgan fingerprint density at radius 2 is 2.03 bits per heavy atom. The van der Waals surface area contributed by atoms with Crippen molar-refractivity contribution >= 4 is 29.0 Å². The Bertz CT molecular complexity index is 949. The van der Waals surface area contributed by atoms with Crippen molar-refractivity contribution in [1.29, 1.82) is 0 Å². The molecule has 2 aromatic rings. The molecular formula is C20H20FN3O4S. The zero-order valence-electron chi connectivity index (χ0n) is 15.6. The molecule has 4 rings (SSSR count). The molecule has 2 aliphatic heterocycles. The van der Waals surface area contributed by atoms with Crippen molar-refractivity contribution in [1.82, 2.24) is 5.32 Å². The molecule has 0 aliphatic carbocycles. The number of fused-ring (bicyclic) bond motifs is 1. The lowest BCUT2D eigenvalue weighted by Gasteiger charge is -2.28. The molecule has 2 aliphatic rings. The summed E-state index contributed by atoms with van der Waals surface area (Å²) in [5.74, 6) is 0.0458. The third-order valence-corrected chi connectivity index (χ3v) is 6.23. The van der Waals surface area contributed by atoms with Crippen LogP contribution in [0.3, 0.4) is 0 Å². The van der Waals surface area contributed by atoms with E-state index in [1.807, 2.05) is 4.90 Å². The van der Waals surface area contributed by atoms with Crippen LogP contribution in [0.2, 0.25) is 0 Å². The first-order chi connectivity index (χ1) is 14.0. The minimum atomic E-state index is -0.469. The van der Waals surface area contributed by atoms with Gasteiger partial charge in [0.15, 0.2) is 0 Å². The Hall–Kier alpha value is -2.65. The number of morpholine rings is 1. The second-order valence-corrected chi connectivity index (χ2v) is 8.04. The quantitative estimate of drug-likeness (QED) is 0.605. The lowest BCUT2D eigenvalue weighted by Crippen LogP contribution is -2.36. The van der Waals surface area contributed by atoms with Gasteiger partial charge in [-0.05, 0) is 42.3 Å². The Balaban J connectivity index is 1.57. The molecule has 1 amide bonds. The number of amides is 1. The molecule has 1 saturated heterocycles. The number of hydrogen-bond acceptors (Lipinski definition) is 6. The summed E-state index contributed by atoms with van der Waals surface area (Å²) in [5, 5.41) is 14.5. The predicted molar refractivity (Wildman–Crippen MR) is 108 cm³/mol. The maximum atomic E-state index is 13.7. The van der Waals surface area contributed by atoms with Gasteiger partial charge in [0, 0.05) is 35.4 Å². The van der Waals surface area contributed by atoms with Crippen LogP contribution in [0, 0.1) is 15.9 Å². The van der Waals surface area contributed by atoms with Gasteiger partial charge in [0.1, 0.15) is 11.5 Å². The Kier molecular flexibility index (Phi) is 5.68. The SMILES string of the molecule is O=C(N[C@@H]1CCSc2ccc(F)cc21)c1ccc(N2CCOCC2)c([N+](=O)[O-])c1. The number of ether oxygens (including phenoxy) is 1. The molecular weight excluding hydrogens is 397 g/mol. The van der Waals surface area contributed by atoms with E-state index in [0.717, 1.165) is 16.2 Å². The molecule has 0 bridgehead atoms. The molecule has 0 saturated carbocycles. The van der Waals surface area contributed by atoms with Crippen molar-refractivity contribution in [2.24, 2.45) is 0 Å². The summed E-state index contributed by atoms with van der Waals surface area (Å²) in [6.07, 6.45) is 0.667. The monoisotopic (exact) mass is 417 g/mol. The topological polar surface area (TPSA) is 84.7 Å². The van der Waals surface area contributed by atoms with Crippen molar-refractivity contribution in [2.45, 2.75) is 17.4 Å². The molecule has 2 aromatic carbocycles. The van der Waals surface area contributed by atoms with Gasteiger partial charge in [0.05, 0.1) is 24.2 Å². The third kappa shape index (κ3) is 4.20. The average Bonchev–Trinajstić information content (AvgIpc) is 2.74. The number of anilines is 1. The Labute approximate surface area is 171 Å². The van der Waals surface area contributed by atoms with Crippen molar-refractivity contribution < 1.29 is 18.8 Å². The minimum absolute atomic E-state index is 0.106. The zero-order valence-corrected chi connectivity index (χ0v) is 16.4. The number of nitro benzene ring substituents is 1. The van der Waals surface area contributed by atoms with E-state index in [-0.39, 0.29) is 23.1 Å². The molecule has 152 valence electrons. The van der Waals surface area contributed by atoms with E-state index in [1.54, 1.807) is 30.0 Å². The van der Waals surface area contributed by atoms with Crippen LogP contribution in [-0.4, -0.2) is 42.9 Å². The highest BCUT2D eigenvalue weighted by atomic mass is 32.2. The summed E-state index contributed by atoms with van der Waals surface area (Å²) in [6.45, 7) is 2.15. The molecule has 0 spiro atoms. The van der Waals surface area contributed by atoms with E-state index < -0.39 is 10.8 Å². The second kappa shape index (κ2) is 8.38. The van der Waals surface area contributed by atoms with Gasteiger partial charge in [-0.3, -0.25) is 14.9 Å². The van der Waals surface area contributed by atoms with Crippen molar-refractivity contribution in [3.63, 3.8) is 0 Å². The first-order valence-corrected chi connectivity index (χ1v) is 10.4. The molecule has 2 heterocycles. The molecule has 0 aromatic heterocycles. The fraction of sp³-hybridized carbons (Fsp3) is 0.350. The van der Waals surface area contributed by atoms with Crippen molar-refractivity contribution in [2.75, 3.05) is 37.0 Å². The largest absolute Gasteiger partial charge is 0.378 e. The number of nitrogens with one attached hydrogen (secondary N) is 1. The van der Waals surface area contributed by atoms with E-state index in [0.29, 0.717) is 38.4 Å². The highest BCUT2D eigenvalue weighted by molar-refractivity contribution is 7.99. The first kappa shape index (κ1) is 19.7. The van der Waals surface area contributed by atoms with E-state index in [9.17, 15) is 19.3 Å². The second-order valence-electron chi connectivity index (χ2n) is 6.91. The standard InChI is InChI=1S/C20H20FN3O4S/c21-14-2-4-19-15(12-14)16(5-10-29-19)22-20(25)13-1-3-17(18(11-13)24(26)27)23-6-8-28-9-7-23/h1-4,11-12,16H,5-10H2,(H,22,25)/t16-/m1/s1. The highest BCUT2D eigenvalue weighted by Crippen LogP contribution is 2.37. The van der Waals surface area contributed by atoms with Gasteiger partial charge >= 0.3 is 0 Å². The molecule has 1 N–H and O–H groups in total. The normalized spacial score (nSPS) is 18.8. The summed E-state index contributed by atoms with van der Waals surface area (Å²) < 4.78 is 19.0. The molecule has 9 heteroatoms. The summed E-state index contributed by atoms with van der Waals surface area (Å²) in [4.78, 5) is 26.8. The van der Waals surface area contributed by atoms with E-state index in [1.165, 1.54) is 18.2 Å². The summed E-state index contributed by atoms with van der Waals surface area (Å²) in [7, 11) is 0. The molecule has 0 radical (unpaired) electrons. The summed E-state index contributed by atoms with van der Waals surface area (Å²) in [5.41, 5.74) is 1.33. The predicted octanol–water partition coefficient (Wildman–Crippen LogP) is 3.54. The number of nitrogens with zero attached hydrogens (tertiary/aromatic N) is 2. The van der Waals surface area contributed by atoms with Crippen LogP contribution in [0.4, 0.5) is 15.8 Å². The van der Waals surface area contributed by atoms with Gasteiger partial charge in [-0.25, -0.2) is 4.39 Å². The van der Waals surface area contributed by atoms with Crippen LogP contribution >= 0.6 is 11.8 Å². The van der Waals surface area contributed by atoms with Gasteiger partial charge < -0.3 is 15.0 Å². The lowest BCUT2D eigenvalue weighted by atomic mass is 10.0. The number of carbonyl (C=O) groups excluding carboxylic acids is 1. The Morgan fingerprint density at radius 1 is 1.24 bits per heavy atom. The van der Waals surface area contributed by atoms with Gasteiger partial charge in [-0.15, -0.1) is 11.8 Å². The fourth-order valence-electron chi connectivity index (χ4n) is 3.64. The first-order valence-electron chi connectivity index (χ1n) is 9.37. The summed E-state index contributed by atoms with van der Waals surface area (Å²) >= 11 is 1.63. The molecule has 1 atom stereocenters. The number of carbonyl (C=O) groups is 1. The van der Waals surface area contributed by atoms with E-state index in [2.05, 4.69) is 5.32 Å². The number of nitro groups is 1. The average molecular weight is 417 g/mol. The van der Waals surface area contributed by atoms with Crippen LogP contribution in [0.5, 0.6) is 0 Å². The lowest BCUT2D eigenvalue weighted by molar-refractivity contribution is -0.384. The third-order valence-electron chi connectivity index (χ3n) is 5.10. The van der Waals surface area contributed by atoms with Gasteiger partial charge in [-0.2, -0.15) is 0 Å². The maximum absolute atomic E-state index is 13.7. The van der Waals surface area contributed by atoms with Crippen LogP contribution < -0.4 is 10.2 Å². The van der Waals surface area contributed by atoms with Crippen molar-refractivity contribution in [3.8, 4) is 0 Å². The fourth-order valence-corrected chi connectivity index (χ4v) is 4.74. The van der Waals surface area contributed by atoms with Crippen LogP contribution in [-0.2, 0) is 4.74 Å². The summed E-state index contributed by atoms with van der Waals surface area (Å²) in [6, 6.07) is 8.76.